The van der Waals surface area contributed by atoms with Crippen LogP contribution in [0.5, 0.6) is 0 Å². The van der Waals surface area contributed by atoms with E-state index >= 15 is 0 Å². The molecule has 1 fully saturated rings. The molecule has 1 amide bonds. The summed E-state index contributed by atoms with van der Waals surface area (Å²) in [5, 5.41) is 1.04. The Kier molecular flexibility index (Phi) is 7.72. The third-order valence-electron chi connectivity index (χ3n) is 7.02. The highest BCUT2D eigenvalue weighted by Gasteiger charge is 2.27. The van der Waals surface area contributed by atoms with Crippen molar-refractivity contribution in [1.82, 2.24) is 14.5 Å². The fourth-order valence-electron chi connectivity index (χ4n) is 5.08. The van der Waals surface area contributed by atoms with Crippen molar-refractivity contribution in [3.05, 3.63) is 69.2 Å². The van der Waals surface area contributed by atoms with Gasteiger partial charge in [0.1, 0.15) is 5.82 Å². The molecule has 6 heteroatoms. The summed E-state index contributed by atoms with van der Waals surface area (Å²) in [4.78, 5) is 33.9. The molecule has 1 aliphatic rings. The van der Waals surface area contributed by atoms with Crippen molar-refractivity contribution in [1.29, 1.82) is 0 Å². The lowest BCUT2D eigenvalue weighted by atomic mass is 10.0. The van der Waals surface area contributed by atoms with Crippen LogP contribution in [0.1, 0.15) is 76.2 Å². The van der Waals surface area contributed by atoms with Crippen molar-refractivity contribution in [3.63, 3.8) is 0 Å². The summed E-state index contributed by atoms with van der Waals surface area (Å²) in [6.07, 6.45) is 7.35. The van der Waals surface area contributed by atoms with Gasteiger partial charge >= 0.3 is 0 Å². The van der Waals surface area contributed by atoms with Crippen molar-refractivity contribution in [3.8, 4) is 5.69 Å². The molecule has 34 heavy (non-hydrogen) atoms. The molecule has 5 nitrogen and oxygen atoms in total. The van der Waals surface area contributed by atoms with E-state index < -0.39 is 0 Å². The number of hydrogen-bond donors (Lipinski definition) is 0. The Morgan fingerprint density at radius 1 is 1.18 bits per heavy atom. The van der Waals surface area contributed by atoms with Gasteiger partial charge in [-0.25, -0.2) is 4.98 Å². The molecule has 1 aromatic heterocycles. The van der Waals surface area contributed by atoms with Gasteiger partial charge in [-0.05, 0) is 62.9 Å². The molecule has 0 saturated heterocycles. The Labute approximate surface area is 206 Å². The van der Waals surface area contributed by atoms with Gasteiger partial charge in [-0.2, -0.15) is 0 Å². The number of fused-ring (bicyclic) bond motifs is 1. The Morgan fingerprint density at radius 3 is 2.56 bits per heavy atom. The minimum absolute atomic E-state index is 0.136. The van der Waals surface area contributed by atoms with Gasteiger partial charge in [0.05, 0.1) is 22.6 Å². The number of amides is 1. The van der Waals surface area contributed by atoms with Crippen LogP contribution in [0.2, 0.25) is 5.02 Å². The van der Waals surface area contributed by atoms with Gasteiger partial charge < -0.3 is 4.90 Å². The van der Waals surface area contributed by atoms with E-state index in [1.807, 2.05) is 43.0 Å². The van der Waals surface area contributed by atoms with Gasteiger partial charge in [-0.3, -0.25) is 14.2 Å². The first-order chi connectivity index (χ1) is 16.4. The predicted octanol–water partition coefficient (Wildman–Crippen LogP) is 6.62. The second-order valence-corrected chi connectivity index (χ2v) is 10.00. The predicted molar refractivity (Wildman–Crippen MR) is 139 cm³/mol. The van der Waals surface area contributed by atoms with Crippen molar-refractivity contribution in [2.75, 3.05) is 6.54 Å². The molecule has 1 unspecified atom stereocenters. The number of aromatic nitrogens is 2. The highest BCUT2D eigenvalue weighted by Crippen LogP contribution is 2.30. The lowest BCUT2D eigenvalue weighted by molar-refractivity contribution is -0.134. The van der Waals surface area contributed by atoms with Gasteiger partial charge in [0, 0.05) is 18.0 Å². The summed E-state index contributed by atoms with van der Waals surface area (Å²) in [5.74, 6) is 1.36. The standard InChI is InChI=1S/C28H34ClN3O2/c1-4-17-31(26(33)16-11-21-7-5-6-8-21)20(3)27-30-25-18-22(29)12-15-24(25)28(34)32(27)23-13-9-19(2)10-14-23/h9-10,12-15,18,20-21H,4-8,11,16-17H2,1-3H3. The van der Waals surface area contributed by atoms with E-state index in [-0.39, 0.29) is 17.5 Å². The summed E-state index contributed by atoms with van der Waals surface area (Å²) >= 11 is 6.23. The highest BCUT2D eigenvalue weighted by atomic mass is 35.5. The Bertz CT molecular complexity index is 1210. The van der Waals surface area contributed by atoms with Gasteiger partial charge in [-0.1, -0.05) is 61.9 Å². The van der Waals surface area contributed by atoms with Gasteiger partial charge in [0.2, 0.25) is 5.91 Å². The van der Waals surface area contributed by atoms with E-state index in [1.165, 1.54) is 25.7 Å². The first-order valence-corrected chi connectivity index (χ1v) is 12.9. The van der Waals surface area contributed by atoms with Gasteiger partial charge in [0.25, 0.3) is 5.56 Å². The highest BCUT2D eigenvalue weighted by molar-refractivity contribution is 6.31. The number of rotatable bonds is 8. The number of carbonyl (C=O) groups is 1. The number of aryl methyl sites for hydroxylation is 1. The summed E-state index contributed by atoms with van der Waals surface area (Å²) in [7, 11) is 0. The van der Waals surface area contributed by atoms with Crippen molar-refractivity contribution in [2.45, 2.75) is 71.8 Å². The molecule has 0 bridgehead atoms. The molecular weight excluding hydrogens is 446 g/mol. The maximum Gasteiger partial charge on any atom is 0.266 e. The third-order valence-corrected chi connectivity index (χ3v) is 7.25. The Balaban J connectivity index is 1.77. The normalized spacial score (nSPS) is 15.1. The first kappa shape index (κ1) is 24.5. The molecule has 180 valence electrons. The van der Waals surface area contributed by atoms with Crippen LogP contribution in [0, 0.1) is 12.8 Å². The fraction of sp³-hybridized carbons (Fsp3) is 0.464. The lowest BCUT2D eigenvalue weighted by Crippen LogP contribution is -2.38. The molecule has 1 saturated carbocycles. The largest absolute Gasteiger partial charge is 0.333 e. The van der Waals surface area contributed by atoms with Crippen LogP contribution < -0.4 is 5.56 Å². The van der Waals surface area contributed by atoms with E-state index in [4.69, 9.17) is 16.6 Å². The molecule has 2 aromatic carbocycles. The van der Waals surface area contributed by atoms with Crippen LogP contribution in [0.15, 0.2) is 47.3 Å². The fourth-order valence-corrected chi connectivity index (χ4v) is 5.25. The maximum atomic E-state index is 13.7. The van der Waals surface area contributed by atoms with Crippen LogP contribution in [-0.4, -0.2) is 26.9 Å². The quantitative estimate of drug-likeness (QED) is 0.365. The van der Waals surface area contributed by atoms with Crippen molar-refractivity contribution >= 4 is 28.4 Å². The first-order valence-electron chi connectivity index (χ1n) is 12.5. The molecule has 0 N–H and O–H groups in total. The van der Waals surface area contributed by atoms with Crippen LogP contribution >= 0.6 is 11.6 Å². The van der Waals surface area contributed by atoms with E-state index in [2.05, 4.69) is 6.92 Å². The number of hydrogen-bond acceptors (Lipinski definition) is 3. The molecular formula is C28H34ClN3O2. The summed E-state index contributed by atoms with van der Waals surface area (Å²) < 4.78 is 1.66. The number of benzene rings is 2. The summed E-state index contributed by atoms with van der Waals surface area (Å²) in [6, 6.07) is 12.6. The second-order valence-electron chi connectivity index (χ2n) is 9.56. The van der Waals surface area contributed by atoms with Crippen LogP contribution in [0.4, 0.5) is 0 Å². The van der Waals surface area contributed by atoms with Crippen molar-refractivity contribution < 1.29 is 4.79 Å². The Hall–Kier alpha value is -2.66. The zero-order valence-electron chi connectivity index (χ0n) is 20.4. The molecule has 4 rings (SSSR count). The average Bonchev–Trinajstić information content (AvgIpc) is 3.35. The van der Waals surface area contributed by atoms with E-state index in [9.17, 15) is 9.59 Å². The smallest absolute Gasteiger partial charge is 0.266 e. The monoisotopic (exact) mass is 479 g/mol. The molecule has 1 heterocycles. The van der Waals surface area contributed by atoms with Crippen LogP contribution in [0.25, 0.3) is 16.6 Å². The van der Waals surface area contributed by atoms with E-state index in [0.29, 0.717) is 40.6 Å². The number of halogens is 1. The minimum atomic E-state index is -0.353. The molecule has 1 aliphatic carbocycles. The average molecular weight is 480 g/mol. The minimum Gasteiger partial charge on any atom is -0.333 e. The topological polar surface area (TPSA) is 55.2 Å². The van der Waals surface area contributed by atoms with Crippen LogP contribution in [-0.2, 0) is 4.79 Å². The number of carbonyl (C=O) groups excluding carboxylic acids is 1. The lowest BCUT2D eigenvalue weighted by Gasteiger charge is -2.31. The molecule has 0 radical (unpaired) electrons. The van der Waals surface area contributed by atoms with Crippen LogP contribution in [0.3, 0.4) is 0 Å². The van der Waals surface area contributed by atoms with Gasteiger partial charge in [0.15, 0.2) is 0 Å². The van der Waals surface area contributed by atoms with Crippen molar-refractivity contribution in [2.24, 2.45) is 5.92 Å². The maximum absolute atomic E-state index is 13.7. The molecule has 3 aromatic rings. The van der Waals surface area contributed by atoms with Gasteiger partial charge in [-0.15, -0.1) is 0 Å². The third kappa shape index (κ3) is 5.20. The molecule has 0 spiro atoms. The molecule has 1 atom stereocenters. The van der Waals surface area contributed by atoms with E-state index in [0.717, 1.165) is 24.1 Å². The second kappa shape index (κ2) is 10.7. The summed E-state index contributed by atoms with van der Waals surface area (Å²) in [5.41, 5.74) is 2.26. The molecule has 0 aliphatic heterocycles. The number of nitrogens with zero attached hydrogens (tertiary/aromatic N) is 3. The summed E-state index contributed by atoms with van der Waals surface area (Å²) in [6.45, 7) is 6.70. The Morgan fingerprint density at radius 2 is 1.88 bits per heavy atom. The zero-order valence-corrected chi connectivity index (χ0v) is 21.1. The SMILES string of the molecule is CCCN(C(=O)CCC1CCCC1)C(C)c1nc2cc(Cl)ccc2c(=O)n1-c1ccc(C)cc1. The zero-order chi connectivity index (χ0) is 24.2. The van der Waals surface area contributed by atoms with E-state index in [1.54, 1.807) is 22.8 Å².